The van der Waals surface area contributed by atoms with Crippen molar-refractivity contribution >= 4 is 50.0 Å². The standard InChI is InChI=1S/C10H9BrS2/c1-2-6-5-7-9(13-6)4-3-8(11)10(7)12/h3-5,12H,2H2,1H3. The van der Waals surface area contributed by atoms with Crippen molar-refractivity contribution in [3.63, 3.8) is 0 Å². The lowest BCUT2D eigenvalue weighted by molar-refractivity contribution is 1.19. The van der Waals surface area contributed by atoms with Crippen molar-refractivity contribution in [2.75, 3.05) is 0 Å². The summed E-state index contributed by atoms with van der Waals surface area (Å²) >= 11 is 9.80. The second-order valence-electron chi connectivity index (χ2n) is 2.87. The highest BCUT2D eigenvalue weighted by Gasteiger charge is 2.05. The lowest BCUT2D eigenvalue weighted by atomic mass is 10.2. The molecule has 13 heavy (non-hydrogen) atoms. The summed E-state index contributed by atoms with van der Waals surface area (Å²) in [6, 6.07) is 6.43. The Morgan fingerprint density at radius 2 is 2.23 bits per heavy atom. The van der Waals surface area contributed by atoms with Gasteiger partial charge in [0.2, 0.25) is 0 Å². The quantitative estimate of drug-likeness (QED) is 0.726. The summed E-state index contributed by atoms with van der Waals surface area (Å²) in [6.45, 7) is 2.18. The van der Waals surface area contributed by atoms with Crippen molar-refractivity contribution in [1.82, 2.24) is 0 Å². The summed E-state index contributed by atoms with van der Waals surface area (Å²) < 4.78 is 2.40. The number of rotatable bonds is 1. The Morgan fingerprint density at radius 3 is 2.92 bits per heavy atom. The molecule has 0 amide bonds. The van der Waals surface area contributed by atoms with E-state index in [2.05, 4.69) is 53.7 Å². The third-order valence-corrected chi connectivity index (χ3v) is 4.72. The maximum atomic E-state index is 4.48. The zero-order valence-corrected chi connectivity index (χ0v) is 10.5. The summed E-state index contributed by atoms with van der Waals surface area (Å²) in [5.41, 5.74) is 0. The van der Waals surface area contributed by atoms with Crippen LogP contribution in [0.5, 0.6) is 0 Å². The number of fused-ring (bicyclic) bond motifs is 1. The molecule has 0 unspecified atom stereocenters. The van der Waals surface area contributed by atoms with Gasteiger partial charge in [0.05, 0.1) is 0 Å². The molecule has 0 aliphatic rings. The van der Waals surface area contributed by atoms with E-state index in [-0.39, 0.29) is 0 Å². The first-order valence-electron chi connectivity index (χ1n) is 4.12. The van der Waals surface area contributed by atoms with Crippen LogP contribution in [0.1, 0.15) is 11.8 Å². The number of thiol groups is 1. The monoisotopic (exact) mass is 272 g/mol. The minimum absolute atomic E-state index is 1.05. The molecule has 0 bridgehead atoms. The Labute approximate surface area is 95.5 Å². The van der Waals surface area contributed by atoms with Crippen LogP contribution in [0.2, 0.25) is 0 Å². The van der Waals surface area contributed by atoms with Crippen LogP contribution >= 0.6 is 39.9 Å². The molecule has 0 aliphatic heterocycles. The van der Waals surface area contributed by atoms with Crippen LogP contribution < -0.4 is 0 Å². The summed E-state index contributed by atoms with van der Waals surface area (Å²) in [6.07, 6.45) is 1.10. The molecule has 1 aromatic carbocycles. The third-order valence-electron chi connectivity index (χ3n) is 2.02. The zero-order chi connectivity index (χ0) is 9.42. The fourth-order valence-electron chi connectivity index (χ4n) is 1.30. The second kappa shape index (κ2) is 3.64. The van der Waals surface area contributed by atoms with E-state index in [9.17, 15) is 0 Å². The minimum Gasteiger partial charge on any atom is -0.142 e. The molecule has 0 radical (unpaired) electrons. The molecule has 0 saturated heterocycles. The van der Waals surface area contributed by atoms with Crippen LogP contribution in [0.15, 0.2) is 27.6 Å². The maximum absolute atomic E-state index is 4.48. The van der Waals surface area contributed by atoms with Gasteiger partial charge in [-0.3, -0.25) is 0 Å². The van der Waals surface area contributed by atoms with Crippen molar-refractivity contribution in [3.8, 4) is 0 Å². The van der Waals surface area contributed by atoms with Gasteiger partial charge in [0.15, 0.2) is 0 Å². The van der Waals surface area contributed by atoms with E-state index in [1.54, 1.807) is 0 Å². The highest BCUT2D eigenvalue weighted by molar-refractivity contribution is 9.10. The Morgan fingerprint density at radius 1 is 1.46 bits per heavy atom. The molecule has 1 heterocycles. The van der Waals surface area contributed by atoms with Gasteiger partial charge in [-0.05, 0) is 40.5 Å². The van der Waals surface area contributed by atoms with Gasteiger partial charge in [-0.1, -0.05) is 6.92 Å². The molecule has 2 aromatic rings. The van der Waals surface area contributed by atoms with E-state index >= 15 is 0 Å². The summed E-state index contributed by atoms with van der Waals surface area (Å²) in [4.78, 5) is 2.47. The normalized spacial score (nSPS) is 11.0. The Balaban J connectivity index is 2.76. The Hall–Kier alpha value is 0.01000. The largest absolute Gasteiger partial charge is 0.142 e. The van der Waals surface area contributed by atoms with Crippen molar-refractivity contribution < 1.29 is 0 Å². The molecule has 0 atom stereocenters. The van der Waals surface area contributed by atoms with Gasteiger partial charge < -0.3 is 0 Å². The Bertz CT molecular complexity index is 445. The van der Waals surface area contributed by atoms with Crippen molar-refractivity contribution in [1.29, 1.82) is 0 Å². The number of benzene rings is 1. The molecule has 2 rings (SSSR count). The lowest BCUT2D eigenvalue weighted by Gasteiger charge is -1.96. The van der Waals surface area contributed by atoms with E-state index in [0.717, 1.165) is 15.8 Å². The van der Waals surface area contributed by atoms with Gasteiger partial charge >= 0.3 is 0 Å². The molecule has 0 aliphatic carbocycles. The second-order valence-corrected chi connectivity index (χ2v) is 5.34. The predicted octanol–water partition coefficient (Wildman–Crippen LogP) is 4.51. The number of halogens is 1. The number of aryl methyl sites for hydroxylation is 1. The van der Waals surface area contributed by atoms with Gasteiger partial charge in [-0.25, -0.2) is 0 Å². The van der Waals surface area contributed by atoms with E-state index in [4.69, 9.17) is 0 Å². The number of hydrogen-bond acceptors (Lipinski definition) is 2. The number of hydrogen-bond donors (Lipinski definition) is 1. The fraction of sp³-hybridized carbons (Fsp3) is 0.200. The first kappa shape index (κ1) is 9.56. The summed E-state index contributed by atoms with van der Waals surface area (Å²) in [7, 11) is 0. The zero-order valence-electron chi connectivity index (χ0n) is 7.17. The molecule has 0 nitrogen and oxygen atoms in total. The van der Waals surface area contributed by atoms with E-state index < -0.39 is 0 Å². The van der Waals surface area contributed by atoms with E-state index in [1.165, 1.54) is 15.0 Å². The number of thiophene rings is 1. The summed E-state index contributed by atoms with van der Waals surface area (Å²) in [5.74, 6) is 0. The maximum Gasteiger partial charge on any atom is 0.0357 e. The minimum atomic E-state index is 1.05. The molecular formula is C10H9BrS2. The Kier molecular flexibility index (Phi) is 2.67. The van der Waals surface area contributed by atoms with Gasteiger partial charge in [-0.2, -0.15) is 0 Å². The fourth-order valence-corrected chi connectivity index (χ4v) is 2.99. The molecule has 1 aromatic heterocycles. The van der Waals surface area contributed by atoms with Gasteiger partial charge in [0.25, 0.3) is 0 Å². The van der Waals surface area contributed by atoms with Crippen molar-refractivity contribution in [2.45, 2.75) is 18.2 Å². The molecule has 0 saturated carbocycles. The average Bonchev–Trinajstić information content (AvgIpc) is 2.55. The average molecular weight is 273 g/mol. The third kappa shape index (κ3) is 1.65. The molecule has 0 fully saturated rings. The highest BCUT2D eigenvalue weighted by atomic mass is 79.9. The van der Waals surface area contributed by atoms with Crippen LogP contribution in [-0.4, -0.2) is 0 Å². The molecule has 0 spiro atoms. The molecule has 3 heteroatoms. The van der Waals surface area contributed by atoms with Gasteiger partial charge in [0.1, 0.15) is 0 Å². The van der Waals surface area contributed by atoms with Crippen molar-refractivity contribution in [3.05, 3.63) is 27.5 Å². The van der Waals surface area contributed by atoms with Crippen molar-refractivity contribution in [2.24, 2.45) is 0 Å². The molecule has 68 valence electrons. The smallest absolute Gasteiger partial charge is 0.0357 e. The van der Waals surface area contributed by atoms with Gasteiger partial charge in [0, 0.05) is 24.3 Å². The first-order valence-corrected chi connectivity index (χ1v) is 6.18. The predicted molar refractivity (Wildman–Crippen MR) is 66.2 cm³/mol. The van der Waals surface area contributed by atoms with Crippen LogP contribution in [0.25, 0.3) is 10.1 Å². The highest BCUT2D eigenvalue weighted by Crippen LogP contribution is 2.34. The first-order chi connectivity index (χ1) is 6.22. The van der Waals surface area contributed by atoms with Crippen LogP contribution in [-0.2, 0) is 6.42 Å². The van der Waals surface area contributed by atoms with Crippen LogP contribution in [0, 0.1) is 0 Å². The molecule has 0 N–H and O–H groups in total. The lowest BCUT2D eigenvalue weighted by Crippen LogP contribution is -1.70. The van der Waals surface area contributed by atoms with Crippen LogP contribution in [0.3, 0.4) is 0 Å². The van der Waals surface area contributed by atoms with E-state index in [1.807, 2.05) is 11.3 Å². The molecular weight excluding hydrogens is 264 g/mol. The van der Waals surface area contributed by atoms with E-state index in [0.29, 0.717) is 0 Å². The topological polar surface area (TPSA) is 0 Å². The van der Waals surface area contributed by atoms with Crippen LogP contribution in [0.4, 0.5) is 0 Å². The van der Waals surface area contributed by atoms with Gasteiger partial charge in [-0.15, -0.1) is 24.0 Å². The summed E-state index contributed by atoms with van der Waals surface area (Å²) in [5, 5.41) is 1.26. The SMILES string of the molecule is CCc1cc2c(S)c(Br)ccc2s1.